The Bertz CT molecular complexity index is 544. The standard InChI is InChI=1S/C18H28N2O3/c1-12(2)19-16(22)13-7-9-14(10-8-13)17(23)20(6)15(11-21)18(3,4)5/h7-10,12,15,21H,11H2,1-6H3,(H,19,22). The first kappa shape index (κ1) is 19.2. The quantitative estimate of drug-likeness (QED) is 0.874. The summed E-state index contributed by atoms with van der Waals surface area (Å²) in [7, 11) is 1.69. The Labute approximate surface area is 138 Å². The van der Waals surface area contributed by atoms with Gasteiger partial charge in [-0.25, -0.2) is 0 Å². The van der Waals surface area contributed by atoms with Crippen LogP contribution in [0.2, 0.25) is 0 Å². The van der Waals surface area contributed by atoms with E-state index in [1.165, 1.54) is 0 Å². The highest BCUT2D eigenvalue weighted by Crippen LogP contribution is 2.24. The number of rotatable bonds is 5. The van der Waals surface area contributed by atoms with E-state index in [0.717, 1.165) is 0 Å². The lowest BCUT2D eigenvalue weighted by atomic mass is 9.86. The second kappa shape index (κ2) is 7.59. The van der Waals surface area contributed by atoms with Gasteiger partial charge < -0.3 is 15.3 Å². The number of aliphatic hydroxyl groups excluding tert-OH is 1. The molecule has 5 heteroatoms. The van der Waals surface area contributed by atoms with Crippen LogP contribution in [0, 0.1) is 5.41 Å². The number of aliphatic hydroxyl groups is 1. The maximum absolute atomic E-state index is 12.6. The number of benzene rings is 1. The first-order valence-corrected chi connectivity index (χ1v) is 7.87. The number of likely N-dealkylation sites (N-methyl/N-ethyl adjacent to an activating group) is 1. The average molecular weight is 320 g/mol. The summed E-state index contributed by atoms with van der Waals surface area (Å²) < 4.78 is 0. The number of hydrogen-bond acceptors (Lipinski definition) is 3. The van der Waals surface area contributed by atoms with Gasteiger partial charge in [-0.1, -0.05) is 20.8 Å². The highest BCUT2D eigenvalue weighted by Gasteiger charge is 2.30. The molecule has 0 aliphatic carbocycles. The smallest absolute Gasteiger partial charge is 0.253 e. The second-order valence-electron chi connectivity index (χ2n) is 7.19. The molecular weight excluding hydrogens is 292 g/mol. The molecule has 1 rings (SSSR count). The monoisotopic (exact) mass is 320 g/mol. The van der Waals surface area contributed by atoms with Gasteiger partial charge in [0, 0.05) is 24.2 Å². The van der Waals surface area contributed by atoms with Crippen LogP contribution in [-0.2, 0) is 0 Å². The second-order valence-corrected chi connectivity index (χ2v) is 7.19. The molecule has 2 amide bonds. The van der Waals surface area contributed by atoms with E-state index in [2.05, 4.69) is 5.32 Å². The predicted octanol–water partition coefficient (Wildman–Crippen LogP) is 2.30. The summed E-state index contributed by atoms with van der Waals surface area (Å²) in [5.41, 5.74) is 0.791. The Morgan fingerprint density at radius 1 is 1.13 bits per heavy atom. The van der Waals surface area contributed by atoms with Crippen LogP contribution in [0.5, 0.6) is 0 Å². The minimum atomic E-state index is -0.279. The molecular formula is C18H28N2O3. The van der Waals surface area contributed by atoms with Crippen molar-refractivity contribution in [3.63, 3.8) is 0 Å². The maximum Gasteiger partial charge on any atom is 0.253 e. The fourth-order valence-electron chi connectivity index (χ4n) is 2.43. The van der Waals surface area contributed by atoms with Crippen LogP contribution in [0.25, 0.3) is 0 Å². The Hall–Kier alpha value is -1.88. The molecule has 0 saturated heterocycles. The molecule has 0 saturated carbocycles. The fraction of sp³-hybridized carbons (Fsp3) is 0.556. The van der Waals surface area contributed by atoms with Gasteiger partial charge in [0.2, 0.25) is 0 Å². The zero-order chi connectivity index (χ0) is 17.8. The zero-order valence-corrected chi connectivity index (χ0v) is 14.9. The normalized spacial score (nSPS) is 12.9. The van der Waals surface area contributed by atoms with Gasteiger partial charge in [-0.2, -0.15) is 0 Å². The van der Waals surface area contributed by atoms with E-state index >= 15 is 0 Å². The molecule has 2 N–H and O–H groups in total. The third-order valence-corrected chi connectivity index (χ3v) is 3.77. The van der Waals surface area contributed by atoms with Crippen molar-refractivity contribution in [2.24, 2.45) is 5.41 Å². The topological polar surface area (TPSA) is 69.6 Å². The minimum Gasteiger partial charge on any atom is -0.394 e. The van der Waals surface area contributed by atoms with Gasteiger partial charge in [0.25, 0.3) is 11.8 Å². The molecule has 5 nitrogen and oxygen atoms in total. The van der Waals surface area contributed by atoms with E-state index < -0.39 is 0 Å². The van der Waals surface area contributed by atoms with Crippen molar-refractivity contribution in [2.45, 2.75) is 46.7 Å². The van der Waals surface area contributed by atoms with Crippen molar-refractivity contribution >= 4 is 11.8 Å². The molecule has 0 fully saturated rings. The third-order valence-electron chi connectivity index (χ3n) is 3.77. The molecule has 0 bridgehead atoms. The summed E-state index contributed by atoms with van der Waals surface area (Å²) in [5.74, 6) is -0.329. The molecule has 0 aliphatic rings. The summed E-state index contributed by atoms with van der Waals surface area (Å²) in [4.78, 5) is 26.0. The zero-order valence-electron chi connectivity index (χ0n) is 14.9. The number of carbonyl (C=O) groups is 2. The molecule has 0 radical (unpaired) electrons. The summed E-state index contributed by atoms with van der Waals surface area (Å²) in [6.45, 7) is 9.64. The van der Waals surface area contributed by atoms with Gasteiger partial charge in [0.15, 0.2) is 0 Å². The highest BCUT2D eigenvalue weighted by molar-refractivity contribution is 5.97. The van der Waals surface area contributed by atoms with Gasteiger partial charge in [-0.3, -0.25) is 9.59 Å². The largest absolute Gasteiger partial charge is 0.394 e. The van der Waals surface area contributed by atoms with Gasteiger partial charge in [0.05, 0.1) is 12.6 Å². The first-order valence-electron chi connectivity index (χ1n) is 7.87. The van der Waals surface area contributed by atoms with Crippen molar-refractivity contribution in [1.82, 2.24) is 10.2 Å². The first-order chi connectivity index (χ1) is 10.6. The summed E-state index contributed by atoms with van der Waals surface area (Å²) in [6, 6.07) is 6.36. The Kier molecular flexibility index (Phi) is 6.33. The van der Waals surface area contributed by atoms with Gasteiger partial charge in [0.1, 0.15) is 0 Å². The van der Waals surface area contributed by atoms with Crippen LogP contribution in [0.15, 0.2) is 24.3 Å². The minimum absolute atomic E-state index is 0.0621. The van der Waals surface area contributed by atoms with Gasteiger partial charge in [-0.15, -0.1) is 0 Å². The SMILES string of the molecule is CC(C)NC(=O)c1ccc(C(=O)N(C)C(CO)C(C)(C)C)cc1. The molecule has 0 spiro atoms. The summed E-state index contributed by atoms with van der Waals surface area (Å²) >= 11 is 0. The van der Waals surface area contributed by atoms with E-state index in [4.69, 9.17) is 0 Å². The number of carbonyl (C=O) groups excluding carboxylic acids is 2. The Balaban J connectivity index is 2.91. The molecule has 1 aromatic carbocycles. The van der Waals surface area contributed by atoms with Gasteiger partial charge in [-0.05, 0) is 43.5 Å². The summed E-state index contributed by atoms with van der Waals surface area (Å²) in [6.07, 6.45) is 0. The number of amides is 2. The Morgan fingerprint density at radius 2 is 1.61 bits per heavy atom. The van der Waals surface area contributed by atoms with E-state index in [9.17, 15) is 14.7 Å². The van der Waals surface area contributed by atoms with Crippen molar-refractivity contribution in [3.05, 3.63) is 35.4 Å². The van der Waals surface area contributed by atoms with Crippen molar-refractivity contribution in [3.8, 4) is 0 Å². The van der Waals surface area contributed by atoms with Gasteiger partial charge >= 0.3 is 0 Å². The molecule has 128 valence electrons. The van der Waals surface area contributed by atoms with Crippen LogP contribution in [0.3, 0.4) is 0 Å². The molecule has 0 aliphatic heterocycles. The lowest BCUT2D eigenvalue weighted by molar-refractivity contribution is 0.0433. The molecule has 0 aromatic heterocycles. The van der Waals surface area contributed by atoms with Crippen LogP contribution < -0.4 is 5.32 Å². The average Bonchev–Trinajstić information content (AvgIpc) is 2.45. The lowest BCUT2D eigenvalue weighted by Crippen LogP contribution is -2.47. The Morgan fingerprint density at radius 3 is 2.00 bits per heavy atom. The predicted molar refractivity (Wildman–Crippen MR) is 91.5 cm³/mol. The van der Waals surface area contributed by atoms with E-state index in [1.807, 2.05) is 34.6 Å². The van der Waals surface area contributed by atoms with Crippen LogP contribution in [-0.4, -0.2) is 47.6 Å². The number of nitrogens with zero attached hydrogens (tertiary/aromatic N) is 1. The lowest BCUT2D eigenvalue weighted by Gasteiger charge is -2.36. The number of nitrogens with one attached hydrogen (secondary N) is 1. The molecule has 23 heavy (non-hydrogen) atoms. The van der Waals surface area contributed by atoms with Crippen LogP contribution in [0.1, 0.15) is 55.3 Å². The fourth-order valence-corrected chi connectivity index (χ4v) is 2.43. The van der Waals surface area contributed by atoms with E-state index in [-0.39, 0.29) is 35.9 Å². The number of hydrogen-bond donors (Lipinski definition) is 2. The molecule has 0 heterocycles. The molecule has 1 aromatic rings. The van der Waals surface area contributed by atoms with Crippen molar-refractivity contribution in [1.29, 1.82) is 0 Å². The summed E-state index contributed by atoms with van der Waals surface area (Å²) in [5, 5.41) is 12.4. The highest BCUT2D eigenvalue weighted by atomic mass is 16.3. The van der Waals surface area contributed by atoms with E-state index in [0.29, 0.717) is 11.1 Å². The molecule has 1 atom stereocenters. The van der Waals surface area contributed by atoms with Crippen LogP contribution >= 0.6 is 0 Å². The van der Waals surface area contributed by atoms with Crippen LogP contribution in [0.4, 0.5) is 0 Å². The van der Waals surface area contributed by atoms with Crippen molar-refractivity contribution in [2.75, 3.05) is 13.7 Å². The maximum atomic E-state index is 12.6. The van der Waals surface area contributed by atoms with Crippen molar-refractivity contribution < 1.29 is 14.7 Å². The molecule has 1 unspecified atom stereocenters. The van der Waals surface area contributed by atoms with E-state index in [1.54, 1.807) is 36.2 Å². The third kappa shape index (κ3) is 5.06.